The number of aromatic nitrogens is 1. The highest BCUT2D eigenvalue weighted by Gasteiger charge is 2.22. The van der Waals surface area contributed by atoms with E-state index in [9.17, 15) is 0 Å². The summed E-state index contributed by atoms with van der Waals surface area (Å²) in [5.41, 5.74) is 2.04. The Morgan fingerprint density at radius 1 is 1.78 bits per heavy atom. The van der Waals surface area contributed by atoms with Crippen LogP contribution in [0.25, 0.3) is 0 Å². The highest BCUT2D eigenvalue weighted by Crippen LogP contribution is 2.28. The Balaban J connectivity index is 2.49. The molecule has 1 aliphatic rings. The van der Waals surface area contributed by atoms with Crippen molar-refractivity contribution < 1.29 is 9.26 Å². The Labute approximate surface area is 52.6 Å². The van der Waals surface area contributed by atoms with Crippen LogP contribution in [-0.4, -0.2) is 5.16 Å². The minimum absolute atomic E-state index is 0.172. The fourth-order valence-electron chi connectivity index (χ4n) is 1.00. The van der Waals surface area contributed by atoms with E-state index >= 15 is 0 Å². The Morgan fingerprint density at radius 3 is 3.44 bits per heavy atom. The van der Waals surface area contributed by atoms with Crippen LogP contribution in [0.1, 0.15) is 24.3 Å². The van der Waals surface area contributed by atoms with Crippen LogP contribution in [0.3, 0.4) is 0 Å². The highest BCUT2D eigenvalue weighted by atomic mass is 16.5. The molecule has 0 saturated heterocycles. The third-order valence-electron chi connectivity index (χ3n) is 1.58. The monoisotopic (exact) mass is 125 g/mol. The number of fused-ring (bicyclic) bond motifs is 1. The summed E-state index contributed by atoms with van der Waals surface area (Å²) >= 11 is 0. The molecule has 3 nitrogen and oxygen atoms in total. The highest BCUT2D eigenvalue weighted by molar-refractivity contribution is 5.19. The van der Waals surface area contributed by atoms with Gasteiger partial charge in [0.2, 0.25) is 0 Å². The van der Waals surface area contributed by atoms with Gasteiger partial charge in [-0.05, 0) is 6.92 Å². The third-order valence-corrected chi connectivity index (χ3v) is 1.58. The zero-order valence-corrected chi connectivity index (χ0v) is 5.13. The number of ether oxygens (including phenoxy) is 1. The first-order valence-corrected chi connectivity index (χ1v) is 2.92. The molecule has 2 rings (SSSR count). The minimum atomic E-state index is 0.172. The zero-order chi connectivity index (χ0) is 6.27. The van der Waals surface area contributed by atoms with Crippen molar-refractivity contribution in [3.63, 3.8) is 0 Å². The van der Waals surface area contributed by atoms with Gasteiger partial charge in [0, 0.05) is 5.56 Å². The van der Waals surface area contributed by atoms with Gasteiger partial charge in [0.25, 0.3) is 0 Å². The average molecular weight is 125 g/mol. The largest absolute Gasteiger partial charge is 0.367 e. The quantitative estimate of drug-likeness (QED) is 0.523. The molecule has 0 bridgehead atoms. The van der Waals surface area contributed by atoms with Crippen LogP contribution in [0.15, 0.2) is 10.8 Å². The van der Waals surface area contributed by atoms with Crippen LogP contribution >= 0.6 is 0 Å². The van der Waals surface area contributed by atoms with Gasteiger partial charge >= 0.3 is 0 Å². The second-order valence-electron chi connectivity index (χ2n) is 2.17. The summed E-state index contributed by atoms with van der Waals surface area (Å²) < 4.78 is 9.97. The van der Waals surface area contributed by atoms with Gasteiger partial charge < -0.3 is 9.26 Å². The summed E-state index contributed by atoms with van der Waals surface area (Å²) in [7, 11) is 0. The molecule has 0 spiro atoms. The van der Waals surface area contributed by atoms with E-state index in [1.807, 2.05) is 6.92 Å². The Morgan fingerprint density at radius 2 is 2.67 bits per heavy atom. The normalized spacial score (nSPS) is 24.3. The first kappa shape index (κ1) is 4.99. The molecular formula is C6H7NO2. The average Bonchev–Trinajstić information content (AvgIpc) is 2.35. The van der Waals surface area contributed by atoms with Crippen LogP contribution in [0.2, 0.25) is 0 Å². The maximum absolute atomic E-state index is 5.24. The lowest BCUT2D eigenvalue weighted by atomic mass is 10.2. The summed E-state index contributed by atoms with van der Waals surface area (Å²) in [6.07, 6.45) is 1.82. The fourth-order valence-corrected chi connectivity index (χ4v) is 1.00. The second kappa shape index (κ2) is 1.57. The molecule has 1 aromatic rings. The Kier molecular flexibility index (Phi) is 0.873. The molecule has 0 amide bonds. The van der Waals surface area contributed by atoms with Crippen LogP contribution in [0.5, 0.6) is 0 Å². The summed E-state index contributed by atoms with van der Waals surface area (Å²) in [6, 6.07) is 0. The van der Waals surface area contributed by atoms with Crippen molar-refractivity contribution in [1.29, 1.82) is 0 Å². The van der Waals surface area contributed by atoms with Crippen LogP contribution in [0, 0.1) is 0 Å². The molecule has 1 aliphatic heterocycles. The van der Waals surface area contributed by atoms with Gasteiger partial charge in [0.1, 0.15) is 12.0 Å². The van der Waals surface area contributed by atoms with Gasteiger partial charge in [-0.15, -0.1) is 0 Å². The molecule has 2 heterocycles. The van der Waals surface area contributed by atoms with Crippen LogP contribution in [0.4, 0.5) is 0 Å². The molecule has 48 valence electrons. The lowest BCUT2D eigenvalue weighted by molar-refractivity contribution is 0.0735. The lowest BCUT2D eigenvalue weighted by Crippen LogP contribution is -1.84. The van der Waals surface area contributed by atoms with Crippen LogP contribution in [-0.2, 0) is 11.3 Å². The molecule has 1 atom stereocenters. The molecule has 0 radical (unpaired) electrons. The molecule has 1 aromatic heterocycles. The van der Waals surface area contributed by atoms with E-state index in [-0.39, 0.29) is 6.10 Å². The van der Waals surface area contributed by atoms with Crippen molar-refractivity contribution in [2.45, 2.75) is 19.6 Å². The van der Waals surface area contributed by atoms with Gasteiger partial charge in [-0.1, -0.05) is 5.16 Å². The SMILES string of the molecule is CC1OCc2nocc21. The van der Waals surface area contributed by atoms with Crippen molar-refractivity contribution in [1.82, 2.24) is 5.16 Å². The zero-order valence-electron chi connectivity index (χ0n) is 5.13. The molecule has 0 fully saturated rings. The smallest absolute Gasteiger partial charge is 0.129 e. The molecular weight excluding hydrogens is 118 g/mol. The lowest BCUT2D eigenvalue weighted by Gasteiger charge is -1.96. The fraction of sp³-hybridized carbons (Fsp3) is 0.500. The summed E-state index contributed by atoms with van der Waals surface area (Å²) in [4.78, 5) is 0. The van der Waals surface area contributed by atoms with E-state index < -0.39 is 0 Å². The molecule has 9 heavy (non-hydrogen) atoms. The van der Waals surface area contributed by atoms with Gasteiger partial charge in [0.05, 0.1) is 12.7 Å². The Hall–Kier alpha value is -0.830. The standard InChI is InChI=1S/C6H7NO2/c1-4-5-2-9-7-6(5)3-8-4/h2,4H,3H2,1H3. The van der Waals surface area contributed by atoms with E-state index in [1.54, 1.807) is 6.26 Å². The first-order chi connectivity index (χ1) is 4.38. The van der Waals surface area contributed by atoms with Crippen LogP contribution < -0.4 is 0 Å². The van der Waals surface area contributed by atoms with E-state index in [4.69, 9.17) is 9.26 Å². The number of hydrogen-bond donors (Lipinski definition) is 0. The van der Waals surface area contributed by atoms with Gasteiger partial charge in [-0.25, -0.2) is 0 Å². The third kappa shape index (κ3) is 0.580. The molecule has 0 saturated carbocycles. The predicted molar refractivity (Wildman–Crippen MR) is 29.7 cm³/mol. The Bertz CT molecular complexity index is 219. The number of hydrogen-bond acceptors (Lipinski definition) is 3. The van der Waals surface area contributed by atoms with E-state index in [2.05, 4.69) is 5.16 Å². The van der Waals surface area contributed by atoms with E-state index in [0.29, 0.717) is 6.61 Å². The van der Waals surface area contributed by atoms with Gasteiger partial charge in [-0.3, -0.25) is 0 Å². The van der Waals surface area contributed by atoms with Crippen molar-refractivity contribution >= 4 is 0 Å². The topological polar surface area (TPSA) is 35.3 Å². The number of rotatable bonds is 0. The van der Waals surface area contributed by atoms with Crippen molar-refractivity contribution in [3.05, 3.63) is 17.5 Å². The van der Waals surface area contributed by atoms with Crippen molar-refractivity contribution in [3.8, 4) is 0 Å². The summed E-state index contributed by atoms with van der Waals surface area (Å²) in [6.45, 7) is 2.59. The number of nitrogens with zero attached hydrogens (tertiary/aromatic N) is 1. The maximum Gasteiger partial charge on any atom is 0.129 e. The predicted octanol–water partition coefficient (Wildman–Crippen LogP) is 1.27. The molecule has 0 aliphatic carbocycles. The van der Waals surface area contributed by atoms with E-state index in [1.165, 1.54) is 0 Å². The molecule has 0 aromatic carbocycles. The van der Waals surface area contributed by atoms with Crippen molar-refractivity contribution in [2.75, 3.05) is 0 Å². The second-order valence-corrected chi connectivity index (χ2v) is 2.17. The van der Waals surface area contributed by atoms with Crippen molar-refractivity contribution in [2.24, 2.45) is 0 Å². The van der Waals surface area contributed by atoms with Gasteiger partial charge in [0.15, 0.2) is 0 Å². The first-order valence-electron chi connectivity index (χ1n) is 2.92. The van der Waals surface area contributed by atoms with E-state index in [0.717, 1.165) is 11.3 Å². The minimum Gasteiger partial charge on any atom is -0.367 e. The summed E-state index contributed by atoms with van der Waals surface area (Å²) in [5.74, 6) is 0. The van der Waals surface area contributed by atoms with Gasteiger partial charge in [-0.2, -0.15) is 0 Å². The molecule has 3 heteroatoms. The molecule has 1 unspecified atom stereocenters. The molecule has 0 N–H and O–H groups in total. The maximum atomic E-state index is 5.24. The summed E-state index contributed by atoms with van der Waals surface area (Å²) in [5, 5.41) is 3.75.